The molecule has 0 heterocycles. The topological polar surface area (TPSA) is 191 Å². The van der Waals surface area contributed by atoms with Gasteiger partial charge in [0.15, 0.2) is 0 Å². The SMILES string of the molecule is C[C@H](CCCOS(=O)(=O)O)[C@H]1CC[C@H]2[C@@H]3[C@@H](OS(=O)(=O)O)C[C@@H]4C[C@H](OS(=O)(=O)O)CC[C@]4(C)[C@H]3CC[C@]12C. The van der Waals surface area contributed by atoms with Crippen LogP contribution in [0.3, 0.4) is 0 Å². The van der Waals surface area contributed by atoms with Crippen molar-refractivity contribution in [1.29, 1.82) is 0 Å². The fourth-order valence-corrected chi connectivity index (χ4v) is 10.8. The van der Waals surface area contributed by atoms with Crippen molar-refractivity contribution in [2.45, 2.75) is 97.2 Å². The maximum absolute atomic E-state index is 12.0. The van der Waals surface area contributed by atoms with E-state index < -0.39 is 43.4 Å². The van der Waals surface area contributed by atoms with E-state index in [9.17, 15) is 34.4 Å². The van der Waals surface area contributed by atoms with Gasteiger partial charge >= 0.3 is 31.2 Å². The zero-order valence-electron chi connectivity index (χ0n) is 22.6. The van der Waals surface area contributed by atoms with E-state index in [-0.39, 0.29) is 47.0 Å². The second kappa shape index (κ2) is 11.0. The molecule has 4 fully saturated rings. The average Bonchev–Trinajstić information content (AvgIpc) is 3.12. The van der Waals surface area contributed by atoms with Crippen LogP contribution in [-0.2, 0) is 43.7 Å². The van der Waals surface area contributed by atoms with Crippen molar-refractivity contribution >= 4 is 31.2 Å². The zero-order chi connectivity index (χ0) is 29.0. The van der Waals surface area contributed by atoms with Gasteiger partial charge in [0, 0.05) is 0 Å². The first kappa shape index (κ1) is 31.5. The molecule has 3 N–H and O–H groups in total. The third-order valence-corrected chi connectivity index (χ3v) is 12.4. The Morgan fingerprint density at radius 3 is 2.03 bits per heavy atom. The molecule has 0 aliphatic heterocycles. The smallest absolute Gasteiger partial charge is 0.264 e. The van der Waals surface area contributed by atoms with E-state index in [1.54, 1.807) is 0 Å². The van der Waals surface area contributed by atoms with Crippen molar-refractivity contribution in [1.82, 2.24) is 0 Å². The zero-order valence-corrected chi connectivity index (χ0v) is 25.1. The van der Waals surface area contributed by atoms with Crippen molar-refractivity contribution < 1.29 is 51.5 Å². The summed E-state index contributed by atoms with van der Waals surface area (Å²) in [7, 11) is -13.8. The lowest BCUT2D eigenvalue weighted by Crippen LogP contribution is -2.59. The second-order valence-corrected chi connectivity index (χ2v) is 16.0. The van der Waals surface area contributed by atoms with Crippen molar-refractivity contribution in [2.24, 2.45) is 46.3 Å². The molecule has 0 aromatic rings. The molecule has 0 amide bonds. The van der Waals surface area contributed by atoms with Gasteiger partial charge in [0.05, 0.1) is 18.8 Å². The fraction of sp³-hybridized carbons (Fsp3) is 1.00. The average molecular weight is 619 g/mol. The highest BCUT2D eigenvalue weighted by atomic mass is 32.3. The number of hydrogen-bond acceptors (Lipinski definition) is 9. The molecule has 0 bridgehead atoms. The Bertz CT molecular complexity index is 1220. The lowest BCUT2D eigenvalue weighted by Gasteiger charge is -2.62. The highest BCUT2D eigenvalue weighted by Gasteiger charge is 2.64. The summed E-state index contributed by atoms with van der Waals surface area (Å²) in [5, 5.41) is 0. The van der Waals surface area contributed by atoms with Crippen LogP contribution >= 0.6 is 0 Å². The van der Waals surface area contributed by atoms with Crippen LogP contribution in [0.15, 0.2) is 0 Å². The maximum Gasteiger partial charge on any atom is 0.397 e. The molecule has 39 heavy (non-hydrogen) atoms. The Labute approximate surface area is 232 Å². The Morgan fingerprint density at radius 2 is 1.41 bits per heavy atom. The third kappa shape index (κ3) is 6.99. The van der Waals surface area contributed by atoms with E-state index in [1.807, 2.05) is 0 Å². The minimum Gasteiger partial charge on any atom is -0.264 e. The number of hydrogen-bond donors (Lipinski definition) is 3. The van der Waals surface area contributed by atoms with Gasteiger partial charge in [-0.25, -0.2) is 12.5 Å². The van der Waals surface area contributed by atoms with Crippen molar-refractivity contribution in [2.75, 3.05) is 6.61 Å². The highest BCUT2D eigenvalue weighted by Crippen LogP contribution is 2.69. The molecule has 0 aromatic carbocycles. The summed E-state index contributed by atoms with van der Waals surface area (Å²) < 4.78 is 111. The third-order valence-electron chi connectivity index (χ3n) is 10.9. The van der Waals surface area contributed by atoms with Gasteiger partial charge in [-0.1, -0.05) is 20.8 Å². The fourth-order valence-electron chi connectivity index (χ4n) is 9.42. The van der Waals surface area contributed by atoms with Crippen LogP contribution in [0.2, 0.25) is 0 Å². The summed E-state index contributed by atoms with van der Waals surface area (Å²) >= 11 is 0. The van der Waals surface area contributed by atoms with E-state index in [4.69, 9.17) is 12.9 Å². The molecule has 228 valence electrons. The predicted octanol–water partition coefficient (Wildman–Crippen LogP) is 3.87. The van der Waals surface area contributed by atoms with E-state index in [0.29, 0.717) is 38.0 Å². The van der Waals surface area contributed by atoms with Gasteiger partial charge < -0.3 is 0 Å². The van der Waals surface area contributed by atoms with Crippen LogP contribution in [0.1, 0.15) is 85.0 Å². The maximum atomic E-state index is 12.0. The molecule has 0 saturated heterocycles. The quantitative estimate of drug-likeness (QED) is 0.237. The standard InChI is InChI=1S/C24H42O12S3/c1-15(5-4-12-34-37(25,26)27)18-6-7-19-22-20(9-11-24(18,19)3)23(2)10-8-17(35-38(28,29)30)13-16(23)14-21(22)36-39(31,32)33/h15-22H,4-14H2,1-3H3,(H,25,26,27)(H,28,29,30)(H,31,32,33)/t15-,16+,17-,18-,19+,20+,21+,22+,23+,24-/m1/s1. The first-order chi connectivity index (χ1) is 17.8. The molecule has 0 spiro atoms. The van der Waals surface area contributed by atoms with E-state index >= 15 is 0 Å². The van der Waals surface area contributed by atoms with Crippen molar-refractivity contribution in [3.63, 3.8) is 0 Å². The van der Waals surface area contributed by atoms with Gasteiger partial charge in [0.2, 0.25) is 0 Å². The first-order valence-corrected chi connectivity index (χ1v) is 17.8. The molecule has 12 nitrogen and oxygen atoms in total. The highest BCUT2D eigenvalue weighted by molar-refractivity contribution is 7.81. The molecular formula is C24H42O12S3. The summed E-state index contributed by atoms with van der Waals surface area (Å²) in [5.74, 6) is 0.645. The van der Waals surface area contributed by atoms with Gasteiger partial charge in [0.25, 0.3) is 0 Å². The molecule has 10 atom stereocenters. The van der Waals surface area contributed by atoms with Crippen LogP contribution in [0.4, 0.5) is 0 Å². The van der Waals surface area contributed by atoms with Crippen molar-refractivity contribution in [3.05, 3.63) is 0 Å². The number of fused-ring (bicyclic) bond motifs is 5. The summed E-state index contributed by atoms with van der Waals surface area (Å²) in [5.41, 5.74) is -0.291. The summed E-state index contributed by atoms with van der Waals surface area (Å²) in [4.78, 5) is 0. The second-order valence-electron chi connectivity index (χ2n) is 12.8. The van der Waals surface area contributed by atoms with Crippen LogP contribution in [0.25, 0.3) is 0 Å². The molecule has 4 saturated carbocycles. The molecule has 4 aliphatic carbocycles. The predicted molar refractivity (Wildman–Crippen MR) is 139 cm³/mol. The van der Waals surface area contributed by atoms with Gasteiger partial charge in [0.1, 0.15) is 0 Å². The Hall–Kier alpha value is -0.390. The summed E-state index contributed by atoms with van der Waals surface area (Å²) in [6, 6.07) is 0. The Kier molecular flexibility index (Phi) is 8.92. The van der Waals surface area contributed by atoms with Gasteiger partial charge in [-0.3, -0.25) is 13.7 Å². The minimum absolute atomic E-state index is 0.0902. The van der Waals surface area contributed by atoms with Gasteiger partial charge in [-0.15, -0.1) is 0 Å². The minimum atomic E-state index is -4.73. The largest absolute Gasteiger partial charge is 0.397 e. The van der Waals surface area contributed by atoms with Crippen LogP contribution in [-0.4, -0.2) is 57.7 Å². The molecule has 4 rings (SSSR count). The number of rotatable bonds is 10. The normalized spacial score (nSPS) is 41.8. The van der Waals surface area contributed by atoms with Gasteiger partial charge in [-0.05, 0) is 111 Å². The molecule has 0 radical (unpaired) electrons. The van der Waals surface area contributed by atoms with Crippen LogP contribution in [0.5, 0.6) is 0 Å². The molecule has 0 aromatic heterocycles. The monoisotopic (exact) mass is 618 g/mol. The Morgan fingerprint density at radius 1 is 0.795 bits per heavy atom. The van der Waals surface area contributed by atoms with E-state index in [0.717, 1.165) is 32.1 Å². The summed E-state index contributed by atoms with van der Waals surface area (Å²) in [6.45, 7) is 6.49. The van der Waals surface area contributed by atoms with E-state index in [1.165, 1.54) is 0 Å². The molecule has 4 aliphatic rings. The van der Waals surface area contributed by atoms with Crippen LogP contribution < -0.4 is 0 Å². The molecule has 15 heteroatoms. The Balaban J connectivity index is 1.55. The lowest BCUT2D eigenvalue weighted by molar-refractivity contribution is -0.166. The molecule has 0 unspecified atom stereocenters. The molecular weight excluding hydrogens is 576 g/mol. The van der Waals surface area contributed by atoms with Gasteiger partial charge in [-0.2, -0.15) is 25.3 Å². The van der Waals surface area contributed by atoms with E-state index in [2.05, 4.69) is 25.0 Å². The lowest BCUT2D eigenvalue weighted by atomic mass is 9.43. The van der Waals surface area contributed by atoms with Crippen LogP contribution in [0, 0.1) is 46.3 Å². The first-order valence-electron chi connectivity index (χ1n) is 13.8. The van der Waals surface area contributed by atoms with Crippen molar-refractivity contribution in [3.8, 4) is 0 Å². The summed E-state index contributed by atoms with van der Waals surface area (Å²) in [6.07, 6.45) is 5.16.